The zero-order chi connectivity index (χ0) is 23.8. The predicted octanol–water partition coefficient (Wildman–Crippen LogP) is 3.61. The van der Waals surface area contributed by atoms with E-state index in [2.05, 4.69) is 15.1 Å². The van der Waals surface area contributed by atoms with Crippen LogP contribution in [-0.4, -0.2) is 31.2 Å². The Hall–Kier alpha value is -3.18. The maximum atomic E-state index is 13.1. The third-order valence-corrected chi connectivity index (χ3v) is 6.78. The van der Waals surface area contributed by atoms with Gasteiger partial charge < -0.3 is 5.32 Å². The van der Waals surface area contributed by atoms with E-state index in [1.807, 2.05) is 0 Å². The number of halogens is 3. The van der Waals surface area contributed by atoms with Gasteiger partial charge in [0, 0.05) is 12.5 Å². The molecule has 1 saturated carbocycles. The number of rotatable bonds is 7. The van der Waals surface area contributed by atoms with Crippen LogP contribution in [0.3, 0.4) is 0 Å². The second-order valence-electron chi connectivity index (χ2n) is 7.72. The van der Waals surface area contributed by atoms with Gasteiger partial charge in [0.25, 0.3) is 5.91 Å². The van der Waals surface area contributed by atoms with Crippen LogP contribution < -0.4 is 10.0 Å². The lowest BCUT2D eigenvalue weighted by molar-refractivity contribution is -0.137. The quantitative estimate of drug-likeness (QED) is 0.543. The molecule has 1 aromatic heterocycles. The van der Waals surface area contributed by atoms with Crippen LogP contribution in [0.1, 0.15) is 45.9 Å². The van der Waals surface area contributed by atoms with E-state index >= 15 is 0 Å². The van der Waals surface area contributed by atoms with Crippen molar-refractivity contribution in [2.45, 2.75) is 36.4 Å². The average molecular weight is 478 g/mol. The first-order valence-corrected chi connectivity index (χ1v) is 11.6. The number of carbonyl (C=O) groups is 1. The van der Waals surface area contributed by atoms with Crippen molar-refractivity contribution in [2.75, 3.05) is 7.05 Å². The third kappa shape index (κ3) is 4.93. The van der Waals surface area contributed by atoms with Gasteiger partial charge in [-0.1, -0.05) is 18.2 Å². The Balaban J connectivity index is 1.58. The van der Waals surface area contributed by atoms with Crippen molar-refractivity contribution in [1.29, 1.82) is 0 Å². The van der Waals surface area contributed by atoms with E-state index in [9.17, 15) is 26.4 Å². The van der Waals surface area contributed by atoms with E-state index in [0.29, 0.717) is 11.3 Å². The Morgan fingerprint density at radius 1 is 1.15 bits per heavy atom. The molecule has 3 aromatic rings. The van der Waals surface area contributed by atoms with Crippen LogP contribution in [0.5, 0.6) is 0 Å². The highest BCUT2D eigenvalue weighted by atomic mass is 32.2. The molecule has 1 aliphatic rings. The summed E-state index contributed by atoms with van der Waals surface area (Å²) in [6, 6.07) is 11.0. The number of hydrogen-bond donors (Lipinski definition) is 2. The molecule has 11 heteroatoms. The lowest BCUT2D eigenvalue weighted by Crippen LogP contribution is -2.24. The van der Waals surface area contributed by atoms with Crippen LogP contribution in [-0.2, 0) is 22.7 Å². The van der Waals surface area contributed by atoms with Crippen molar-refractivity contribution in [3.05, 3.63) is 77.1 Å². The minimum Gasteiger partial charge on any atom is -0.348 e. The van der Waals surface area contributed by atoms with Crippen LogP contribution in [0.15, 0.2) is 59.6 Å². The summed E-state index contributed by atoms with van der Waals surface area (Å²) in [7, 11) is -2.31. The molecule has 33 heavy (non-hydrogen) atoms. The van der Waals surface area contributed by atoms with Crippen LogP contribution in [0.4, 0.5) is 13.2 Å². The SMILES string of the molecule is CNS(=O)(=O)c1cccc(CNC(=O)c2cnn(-c3cccc(C(F)(F)F)c3)c2C2CC2)c1. The molecule has 2 aromatic carbocycles. The molecular formula is C22H21F3N4O3S. The third-order valence-electron chi connectivity index (χ3n) is 5.36. The zero-order valence-electron chi connectivity index (χ0n) is 17.6. The van der Waals surface area contributed by atoms with Gasteiger partial charge in [-0.3, -0.25) is 4.79 Å². The molecule has 7 nitrogen and oxygen atoms in total. The maximum absolute atomic E-state index is 13.1. The molecule has 1 aliphatic carbocycles. The number of amides is 1. The van der Waals surface area contributed by atoms with Gasteiger partial charge in [-0.25, -0.2) is 17.8 Å². The number of aromatic nitrogens is 2. The fourth-order valence-corrected chi connectivity index (χ4v) is 4.32. The number of alkyl halides is 3. The van der Waals surface area contributed by atoms with E-state index in [-0.39, 0.29) is 28.6 Å². The fraction of sp³-hybridized carbons (Fsp3) is 0.273. The molecule has 0 radical (unpaired) electrons. The topological polar surface area (TPSA) is 93.1 Å². The first-order valence-electron chi connectivity index (χ1n) is 10.2. The van der Waals surface area contributed by atoms with E-state index < -0.39 is 27.7 Å². The Morgan fingerprint density at radius 2 is 1.88 bits per heavy atom. The summed E-state index contributed by atoms with van der Waals surface area (Å²) in [6.07, 6.45) is -1.51. The second kappa shape index (κ2) is 8.64. The molecule has 1 fully saturated rings. The van der Waals surface area contributed by atoms with E-state index in [4.69, 9.17) is 0 Å². The van der Waals surface area contributed by atoms with Gasteiger partial charge in [0.05, 0.1) is 33.6 Å². The summed E-state index contributed by atoms with van der Waals surface area (Å²) in [5, 5.41) is 6.95. The molecule has 0 bridgehead atoms. The van der Waals surface area contributed by atoms with Gasteiger partial charge in [-0.05, 0) is 55.8 Å². The van der Waals surface area contributed by atoms with E-state index in [0.717, 1.165) is 25.0 Å². The molecule has 2 N–H and O–H groups in total. The molecule has 1 amide bonds. The minimum atomic E-state index is -4.49. The number of nitrogens with one attached hydrogen (secondary N) is 2. The molecule has 0 atom stereocenters. The van der Waals surface area contributed by atoms with Crippen molar-refractivity contribution in [2.24, 2.45) is 0 Å². The number of sulfonamides is 1. The van der Waals surface area contributed by atoms with Gasteiger partial charge >= 0.3 is 6.18 Å². The molecule has 0 aliphatic heterocycles. The van der Waals surface area contributed by atoms with Crippen molar-refractivity contribution in [1.82, 2.24) is 19.8 Å². The Morgan fingerprint density at radius 3 is 2.55 bits per heavy atom. The Kier molecular flexibility index (Phi) is 6.02. The molecule has 174 valence electrons. The van der Waals surface area contributed by atoms with E-state index in [1.165, 1.54) is 42.2 Å². The van der Waals surface area contributed by atoms with Crippen LogP contribution in [0, 0.1) is 0 Å². The molecule has 0 saturated heterocycles. The van der Waals surface area contributed by atoms with Gasteiger partial charge in [0.15, 0.2) is 0 Å². The smallest absolute Gasteiger partial charge is 0.348 e. The second-order valence-corrected chi connectivity index (χ2v) is 9.60. The normalized spacial score (nSPS) is 14.3. The molecule has 0 spiro atoms. The lowest BCUT2D eigenvalue weighted by atomic mass is 10.1. The number of nitrogens with zero attached hydrogens (tertiary/aromatic N) is 2. The van der Waals surface area contributed by atoms with Crippen molar-refractivity contribution in [3.8, 4) is 5.69 Å². The Bertz CT molecular complexity index is 1300. The van der Waals surface area contributed by atoms with Gasteiger partial charge in [-0.2, -0.15) is 18.3 Å². The highest BCUT2D eigenvalue weighted by Gasteiger charge is 2.34. The van der Waals surface area contributed by atoms with Gasteiger partial charge in [0.2, 0.25) is 10.0 Å². The molecule has 0 unspecified atom stereocenters. The molecule has 4 rings (SSSR count). The summed E-state index contributed by atoms with van der Waals surface area (Å²) in [6.45, 7) is 0.0742. The number of benzene rings is 2. The monoisotopic (exact) mass is 478 g/mol. The highest BCUT2D eigenvalue weighted by Crippen LogP contribution is 2.42. The van der Waals surface area contributed by atoms with Crippen molar-refractivity contribution >= 4 is 15.9 Å². The lowest BCUT2D eigenvalue weighted by Gasteiger charge is -2.12. The first-order chi connectivity index (χ1) is 15.6. The zero-order valence-corrected chi connectivity index (χ0v) is 18.4. The Labute approximate surface area is 188 Å². The summed E-state index contributed by atoms with van der Waals surface area (Å²) in [5.74, 6) is -0.399. The average Bonchev–Trinajstić information content (AvgIpc) is 3.54. The highest BCUT2D eigenvalue weighted by molar-refractivity contribution is 7.89. The summed E-state index contributed by atoms with van der Waals surface area (Å²) >= 11 is 0. The largest absolute Gasteiger partial charge is 0.416 e. The standard InChI is InChI=1S/C22H21F3N4O3S/c1-26-33(31,32)18-7-2-4-14(10-18)12-27-21(30)19-13-28-29(20(19)15-8-9-15)17-6-3-5-16(11-17)22(23,24)25/h2-7,10-11,13,15,26H,8-9,12H2,1H3,(H,27,30). The maximum Gasteiger partial charge on any atom is 0.416 e. The summed E-state index contributed by atoms with van der Waals surface area (Å²) in [5.41, 5.74) is 0.876. The summed E-state index contributed by atoms with van der Waals surface area (Å²) < 4.78 is 67.0. The summed E-state index contributed by atoms with van der Waals surface area (Å²) in [4.78, 5) is 13.0. The minimum absolute atomic E-state index is 0.0342. The van der Waals surface area contributed by atoms with Crippen LogP contribution in [0.25, 0.3) is 5.69 Å². The fourth-order valence-electron chi connectivity index (χ4n) is 3.52. The predicted molar refractivity (Wildman–Crippen MR) is 114 cm³/mol. The molecular weight excluding hydrogens is 457 g/mol. The van der Waals surface area contributed by atoms with E-state index in [1.54, 1.807) is 12.1 Å². The number of hydrogen-bond acceptors (Lipinski definition) is 4. The first kappa shape index (κ1) is 23.0. The molecule has 1 heterocycles. The van der Waals surface area contributed by atoms with Crippen LogP contribution >= 0.6 is 0 Å². The van der Waals surface area contributed by atoms with Gasteiger partial charge in [-0.15, -0.1) is 0 Å². The number of carbonyl (C=O) groups excluding carboxylic acids is 1. The van der Waals surface area contributed by atoms with Crippen LogP contribution in [0.2, 0.25) is 0 Å². The van der Waals surface area contributed by atoms with Crippen molar-refractivity contribution in [3.63, 3.8) is 0 Å². The van der Waals surface area contributed by atoms with Gasteiger partial charge in [0.1, 0.15) is 0 Å². The van der Waals surface area contributed by atoms with Crippen molar-refractivity contribution < 1.29 is 26.4 Å².